The molecule has 2 heterocycles. The third-order valence-electron chi connectivity index (χ3n) is 8.29. The van der Waals surface area contributed by atoms with Crippen LogP contribution < -0.4 is 4.90 Å². The van der Waals surface area contributed by atoms with Gasteiger partial charge in [0, 0.05) is 31.7 Å². The Balaban J connectivity index is 1.48. The van der Waals surface area contributed by atoms with Crippen LogP contribution in [0.3, 0.4) is 0 Å². The Bertz CT molecular complexity index is 1380. The number of hydrogen-bond donors (Lipinski definition) is 1. The molecule has 0 saturated carbocycles. The number of nitrogens with one attached hydrogen (secondary N) is 1. The maximum Gasteiger partial charge on any atom is 0.150 e. The van der Waals surface area contributed by atoms with E-state index in [1.165, 1.54) is 27.8 Å². The molecule has 210 valence electrons. The molecule has 1 aromatic heterocycles. The molecule has 4 nitrogen and oxygen atoms in total. The quantitative estimate of drug-likeness (QED) is 0.280. The molecule has 1 aliphatic rings. The maximum atomic E-state index is 5.06. The second kappa shape index (κ2) is 10.9. The van der Waals surface area contributed by atoms with E-state index >= 15 is 0 Å². The van der Waals surface area contributed by atoms with Crippen molar-refractivity contribution in [3.05, 3.63) is 106 Å². The smallest absolute Gasteiger partial charge is 0.150 e. The van der Waals surface area contributed by atoms with Crippen molar-refractivity contribution in [3.63, 3.8) is 0 Å². The summed E-state index contributed by atoms with van der Waals surface area (Å²) in [5.74, 6) is 2.03. The molecule has 0 aliphatic carbocycles. The predicted octanol–water partition coefficient (Wildman–Crippen LogP) is 8.20. The molecule has 3 aromatic carbocycles. The Morgan fingerprint density at radius 1 is 0.675 bits per heavy atom. The zero-order chi connectivity index (χ0) is 28.7. The van der Waals surface area contributed by atoms with Crippen molar-refractivity contribution >= 4 is 5.82 Å². The van der Waals surface area contributed by atoms with Gasteiger partial charge in [-0.15, -0.1) is 0 Å². The summed E-state index contributed by atoms with van der Waals surface area (Å²) in [5, 5.41) is 0. The molecule has 4 aromatic rings. The summed E-state index contributed by atoms with van der Waals surface area (Å²) in [6.07, 6.45) is 0. The second-order valence-electron chi connectivity index (χ2n) is 13.5. The van der Waals surface area contributed by atoms with E-state index in [9.17, 15) is 0 Å². The SMILES string of the molecule is Cc1ccc(-c2nc(N3CCN(C(c4ccccc4C(C)(C)C)c4ccccc4C(C)(C)C)CC3)c(C)[nH]2)cc1. The van der Waals surface area contributed by atoms with Crippen molar-refractivity contribution in [2.45, 2.75) is 72.3 Å². The number of anilines is 1. The Labute approximate surface area is 241 Å². The minimum Gasteiger partial charge on any atom is -0.353 e. The topological polar surface area (TPSA) is 35.2 Å². The van der Waals surface area contributed by atoms with E-state index in [1.807, 2.05) is 0 Å². The maximum absolute atomic E-state index is 5.06. The molecule has 1 N–H and O–H groups in total. The number of nitrogens with zero attached hydrogens (tertiary/aromatic N) is 3. The fourth-order valence-electron chi connectivity index (χ4n) is 6.20. The summed E-state index contributed by atoms with van der Waals surface area (Å²) in [6, 6.07) is 27.0. The highest BCUT2D eigenvalue weighted by atomic mass is 15.3. The van der Waals surface area contributed by atoms with Gasteiger partial charge in [-0.25, -0.2) is 4.98 Å². The zero-order valence-electron chi connectivity index (χ0n) is 25.7. The van der Waals surface area contributed by atoms with Crippen LogP contribution in [0.1, 0.15) is 81.1 Å². The van der Waals surface area contributed by atoms with E-state index in [0.717, 1.165) is 49.1 Å². The molecule has 0 spiro atoms. The van der Waals surface area contributed by atoms with Gasteiger partial charge in [0.1, 0.15) is 11.6 Å². The fourth-order valence-corrected chi connectivity index (χ4v) is 6.20. The lowest BCUT2D eigenvalue weighted by Gasteiger charge is -2.42. The van der Waals surface area contributed by atoms with Crippen LogP contribution in [0, 0.1) is 13.8 Å². The largest absolute Gasteiger partial charge is 0.353 e. The summed E-state index contributed by atoms with van der Waals surface area (Å²) in [6.45, 7) is 22.1. The fraction of sp³-hybridized carbons (Fsp3) is 0.417. The Morgan fingerprint density at radius 2 is 1.18 bits per heavy atom. The summed E-state index contributed by atoms with van der Waals surface area (Å²) < 4.78 is 0. The van der Waals surface area contributed by atoms with Crippen molar-refractivity contribution in [2.24, 2.45) is 0 Å². The Kier molecular flexibility index (Phi) is 7.67. The van der Waals surface area contributed by atoms with Gasteiger partial charge in [0.2, 0.25) is 0 Å². The van der Waals surface area contributed by atoms with E-state index in [0.29, 0.717) is 0 Å². The number of hydrogen-bond acceptors (Lipinski definition) is 3. The normalized spacial score (nSPS) is 15.2. The lowest BCUT2D eigenvalue weighted by Crippen LogP contribution is -2.48. The molecule has 0 radical (unpaired) electrons. The van der Waals surface area contributed by atoms with Crippen LogP contribution >= 0.6 is 0 Å². The summed E-state index contributed by atoms with van der Waals surface area (Å²) in [7, 11) is 0. The third-order valence-corrected chi connectivity index (χ3v) is 8.29. The molecule has 0 amide bonds. The summed E-state index contributed by atoms with van der Waals surface area (Å²) in [4.78, 5) is 13.8. The van der Waals surface area contributed by atoms with Gasteiger partial charge in [0.25, 0.3) is 0 Å². The van der Waals surface area contributed by atoms with Gasteiger partial charge in [-0.05, 0) is 46.9 Å². The van der Waals surface area contributed by atoms with Crippen molar-refractivity contribution in [1.82, 2.24) is 14.9 Å². The van der Waals surface area contributed by atoms with Crippen molar-refractivity contribution < 1.29 is 0 Å². The van der Waals surface area contributed by atoms with Crippen molar-refractivity contribution in [1.29, 1.82) is 0 Å². The molecule has 40 heavy (non-hydrogen) atoms. The molecule has 1 fully saturated rings. The highest BCUT2D eigenvalue weighted by Gasteiger charge is 2.34. The molecule has 0 unspecified atom stereocenters. The number of piperazine rings is 1. The number of aromatic amines is 1. The third kappa shape index (κ3) is 5.74. The first kappa shape index (κ1) is 28.2. The lowest BCUT2D eigenvalue weighted by atomic mass is 9.76. The van der Waals surface area contributed by atoms with Crippen molar-refractivity contribution in [2.75, 3.05) is 31.1 Å². The number of imidazole rings is 1. The Morgan fingerprint density at radius 3 is 1.68 bits per heavy atom. The van der Waals surface area contributed by atoms with Crippen LogP contribution in [-0.4, -0.2) is 41.0 Å². The Hall–Kier alpha value is -3.37. The minimum atomic E-state index is 0.0614. The average Bonchev–Trinajstić information content (AvgIpc) is 3.30. The van der Waals surface area contributed by atoms with E-state index in [4.69, 9.17) is 4.98 Å². The van der Waals surface area contributed by atoms with E-state index < -0.39 is 0 Å². The number of aromatic nitrogens is 2. The van der Waals surface area contributed by atoms with Gasteiger partial charge in [0.05, 0.1) is 11.7 Å². The molecule has 1 saturated heterocycles. The molecule has 0 atom stereocenters. The van der Waals surface area contributed by atoms with Crippen LogP contribution in [0.25, 0.3) is 11.4 Å². The molecule has 5 rings (SSSR count). The monoisotopic (exact) mass is 534 g/mol. The zero-order valence-corrected chi connectivity index (χ0v) is 25.7. The number of H-pyrrole nitrogens is 1. The standard InChI is InChI=1S/C36H46N4/c1-25-17-19-27(20-18-25)33-37-26(2)34(38-33)40-23-21-39(22-24-40)32(28-13-9-11-15-30(28)35(3,4)5)29-14-10-12-16-31(29)36(6,7)8/h9-20,32H,21-24H2,1-8H3,(H,37,38). The first-order chi connectivity index (χ1) is 18.9. The molecular weight excluding hydrogens is 488 g/mol. The van der Waals surface area contributed by atoms with Gasteiger partial charge in [-0.3, -0.25) is 4.90 Å². The van der Waals surface area contributed by atoms with E-state index in [2.05, 4.69) is 143 Å². The minimum absolute atomic E-state index is 0.0614. The van der Waals surface area contributed by atoms with Gasteiger partial charge < -0.3 is 9.88 Å². The van der Waals surface area contributed by atoms with Crippen molar-refractivity contribution in [3.8, 4) is 11.4 Å². The summed E-state index contributed by atoms with van der Waals surface area (Å²) >= 11 is 0. The highest BCUT2D eigenvalue weighted by molar-refractivity contribution is 5.61. The highest BCUT2D eigenvalue weighted by Crippen LogP contribution is 2.41. The van der Waals surface area contributed by atoms with Crippen LogP contribution in [-0.2, 0) is 10.8 Å². The average molecular weight is 535 g/mol. The van der Waals surface area contributed by atoms with Gasteiger partial charge in [0.15, 0.2) is 0 Å². The predicted molar refractivity (Wildman–Crippen MR) is 169 cm³/mol. The first-order valence-electron chi connectivity index (χ1n) is 14.7. The van der Waals surface area contributed by atoms with Crippen LogP contribution in [0.4, 0.5) is 5.82 Å². The second-order valence-corrected chi connectivity index (χ2v) is 13.5. The molecular formula is C36H46N4. The number of benzene rings is 3. The summed E-state index contributed by atoms with van der Waals surface area (Å²) in [5.41, 5.74) is 9.37. The van der Waals surface area contributed by atoms with Crippen LogP contribution in [0.15, 0.2) is 72.8 Å². The first-order valence-corrected chi connectivity index (χ1v) is 14.7. The molecule has 0 bridgehead atoms. The molecule has 1 aliphatic heterocycles. The number of aryl methyl sites for hydroxylation is 2. The van der Waals surface area contributed by atoms with Gasteiger partial charge >= 0.3 is 0 Å². The van der Waals surface area contributed by atoms with E-state index in [-0.39, 0.29) is 16.9 Å². The van der Waals surface area contributed by atoms with Crippen LogP contribution in [0.2, 0.25) is 0 Å². The van der Waals surface area contributed by atoms with Crippen LogP contribution in [0.5, 0.6) is 0 Å². The lowest BCUT2D eigenvalue weighted by molar-refractivity contribution is 0.208. The molecule has 4 heteroatoms. The number of rotatable bonds is 5. The van der Waals surface area contributed by atoms with Gasteiger partial charge in [-0.2, -0.15) is 0 Å². The van der Waals surface area contributed by atoms with E-state index in [1.54, 1.807) is 0 Å². The van der Waals surface area contributed by atoms with Gasteiger partial charge in [-0.1, -0.05) is 120 Å².